The summed E-state index contributed by atoms with van der Waals surface area (Å²) in [4.78, 5) is 23.6. The summed E-state index contributed by atoms with van der Waals surface area (Å²) in [6, 6.07) is 11.7. The predicted molar refractivity (Wildman–Crippen MR) is 104 cm³/mol. The second kappa shape index (κ2) is 8.60. The van der Waals surface area contributed by atoms with Crippen LogP contribution in [-0.2, 0) is 13.2 Å². The Labute approximate surface area is 163 Å². The normalized spacial score (nSPS) is 11.0. The molecular formula is C20H24N2O6. The number of hydrogen-bond acceptors (Lipinski definition) is 5. The third-order valence-corrected chi connectivity index (χ3v) is 4.18. The van der Waals surface area contributed by atoms with Gasteiger partial charge in [0, 0.05) is 11.6 Å². The lowest BCUT2D eigenvalue weighted by Crippen LogP contribution is -2.44. The van der Waals surface area contributed by atoms with E-state index < -0.39 is 16.6 Å². The number of methoxy groups -OCH3 is 1. The molecule has 2 aromatic rings. The lowest BCUT2D eigenvalue weighted by atomic mass is 10.0. The Balaban J connectivity index is 2.23. The number of benzene rings is 2. The van der Waals surface area contributed by atoms with Crippen molar-refractivity contribution in [1.29, 1.82) is 0 Å². The van der Waals surface area contributed by atoms with Crippen LogP contribution in [0.4, 0.5) is 10.5 Å². The van der Waals surface area contributed by atoms with Gasteiger partial charge in [0.15, 0.2) is 0 Å². The summed E-state index contributed by atoms with van der Waals surface area (Å²) in [5.74, 6) is 1.16. The SMILES string of the molecule is COc1ccc(COc2ccc([N+](=O)[O-])c(CN(C(=O)O)C(C)(C)C)c2)cc1. The molecule has 8 nitrogen and oxygen atoms in total. The Hall–Kier alpha value is -3.29. The van der Waals surface area contributed by atoms with E-state index in [1.807, 2.05) is 24.3 Å². The van der Waals surface area contributed by atoms with Gasteiger partial charge in [-0.15, -0.1) is 0 Å². The van der Waals surface area contributed by atoms with E-state index in [2.05, 4.69) is 0 Å². The van der Waals surface area contributed by atoms with Crippen molar-refractivity contribution < 1.29 is 24.3 Å². The summed E-state index contributed by atoms with van der Waals surface area (Å²) >= 11 is 0. The number of nitro benzene ring substituents is 1. The van der Waals surface area contributed by atoms with Gasteiger partial charge in [-0.1, -0.05) is 12.1 Å². The predicted octanol–water partition coefficient (Wildman–Crippen LogP) is 4.46. The number of hydrogen-bond donors (Lipinski definition) is 1. The van der Waals surface area contributed by atoms with Crippen LogP contribution >= 0.6 is 0 Å². The number of carboxylic acid groups (broad SMARTS) is 1. The molecule has 0 aliphatic carbocycles. The van der Waals surface area contributed by atoms with Crippen LogP contribution in [0.5, 0.6) is 11.5 Å². The number of nitro groups is 1. The van der Waals surface area contributed by atoms with Gasteiger partial charge in [0.2, 0.25) is 0 Å². The summed E-state index contributed by atoms with van der Waals surface area (Å²) < 4.78 is 10.8. The molecule has 0 saturated carbocycles. The lowest BCUT2D eigenvalue weighted by Gasteiger charge is -2.33. The van der Waals surface area contributed by atoms with Gasteiger partial charge in [0.1, 0.15) is 18.1 Å². The second-order valence-electron chi connectivity index (χ2n) is 7.22. The average Bonchev–Trinajstić information content (AvgIpc) is 2.63. The number of carbonyl (C=O) groups is 1. The highest BCUT2D eigenvalue weighted by Crippen LogP contribution is 2.28. The quantitative estimate of drug-likeness (QED) is 0.555. The van der Waals surface area contributed by atoms with Crippen LogP contribution in [0.15, 0.2) is 42.5 Å². The van der Waals surface area contributed by atoms with Crippen LogP contribution in [0.1, 0.15) is 31.9 Å². The van der Waals surface area contributed by atoms with Gasteiger partial charge in [0.25, 0.3) is 5.69 Å². The molecule has 0 aliphatic heterocycles. The molecule has 8 heteroatoms. The first kappa shape index (κ1) is 21.0. The first-order valence-corrected chi connectivity index (χ1v) is 8.65. The van der Waals surface area contributed by atoms with Gasteiger partial charge in [-0.25, -0.2) is 4.79 Å². The summed E-state index contributed by atoms with van der Waals surface area (Å²) in [5, 5.41) is 20.8. The van der Waals surface area contributed by atoms with E-state index >= 15 is 0 Å². The molecule has 0 spiro atoms. The van der Waals surface area contributed by atoms with E-state index in [0.717, 1.165) is 16.2 Å². The second-order valence-corrected chi connectivity index (χ2v) is 7.22. The van der Waals surface area contributed by atoms with Crippen LogP contribution in [0.25, 0.3) is 0 Å². The van der Waals surface area contributed by atoms with Gasteiger partial charge in [-0.05, 0) is 50.6 Å². The number of amides is 1. The largest absolute Gasteiger partial charge is 0.497 e. The molecule has 0 aromatic heterocycles. The maximum atomic E-state index is 11.6. The minimum Gasteiger partial charge on any atom is -0.497 e. The van der Waals surface area contributed by atoms with Crippen molar-refractivity contribution in [3.63, 3.8) is 0 Å². The molecular weight excluding hydrogens is 364 g/mol. The maximum Gasteiger partial charge on any atom is 0.408 e. The zero-order valence-corrected chi connectivity index (χ0v) is 16.3. The monoisotopic (exact) mass is 388 g/mol. The Kier molecular flexibility index (Phi) is 6.45. The van der Waals surface area contributed by atoms with Crippen LogP contribution in [0.3, 0.4) is 0 Å². The first-order valence-electron chi connectivity index (χ1n) is 8.65. The minimum absolute atomic E-state index is 0.116. The van der Waals surface area contributed by atoms with Crippen molar-refractivity contribution >= 4 is 11.8 Å². The Morgan fingerprint density at radius 2 is 1.75 bits per heavy atom. The lowest BCUT2D eigenvalue weighted by molar-refractivity contribution is -0.385. The highest BCUT2D eigenvalue weighted by atomic mass is 16.6. The molecule has 0 fully saturated rings. The first-order chi connectivity index (χ1) is 13.1. The van der Waals surface area contributed by atoms with Crippen molar-refractivity contribution in [3.8, 4) is 11.5 Å². The molecule has 2 rings (SSSR count). The van der Waals surface area contributed by atoms with E-state index in [-0.39, 0.29) is 24.4 Å². The van der Waals surface area contributed by atoms with Crippen LogP contribution in [0.2, 0.25) is 0 Å². The van der Waals surface area contributed by atoms with Gasteiger partial charge in [0.05, 0.1) is 24.1 Å². The summed E-state index contributed by atoms with van der Waals surface area (Å²) in [6.45, 7) is 5.35. The van der Waals surface area contributed by atoms with E-state index in [9.17, 15) is 20.0 Å². The van der Waals surface area contributed by atoms with E-state index in [1.165, 1.54) is 18.2 Å². The third kappa shape index (κ3) is 5.35. The molecule has 0 unspecified atom stereocenters. The average molecular weight is 388 g/mol. The Morgan fingerprint density at radius 1 is 1.14 bits per heavy atom. The Morgan fingerprint density at radius 3 is 2.25 bits per heavy atom. The van der Waals surface area contributed by atoms with Crippen LogP contribution < -0.4 is 9.47 Å². The molecule has 0 atom stereocenters. The summed E-state index contributed by atoms with van der Waals surface area (Å²) in [6.07, 6.45) is -1.15. The number of nitrogens with zero attached hydrogens (tertiary/aromatic N) is 2. The topological polar surface area (TPSA) is 102 Å². The summed E-state index contributed by atoms with van der Waals surface area (Å²) in [5.41, 5.74) is 0.323. The molecule has 1 N–H and O–H groups in total. The smallest absolute Gasteiger partial charge is 0.408 e. The van der Waals surface area contributed by atoms with Crippen molar-refractivity contribution in [2.45, 2.75) is 39.5 Å². The fourth-order valence-electron chi connectivity index (χ4n) is 2.61. The molecule has 0 aliphatic rings. The van der Waals surface area contributed by atoms with Crippen molar-refractivity contribution in [1.82, 2.24) is 4.90 Å². The number of ether oxygens (including phenoxy) is 2. The molecule has 0 bridgehead atoms. The van der Waals surface area contributed by atoms with Crippen LogP contribution in [-0.4, -0.2) is 33.7 Å². The highest BCUT2D eigenvalue weighted by Gasteiger charge is 2.29. The third-order valence-electron chi connectivity index (χ3n) is 4.18. The molecule has 1 amide bonds. The highest BCUT2D eigenvalue weighted by molar-refractivity contribution is 5.66. The molecule has 28 heavy (non-hydrogen) atoms. The van der Waals surface area contributed by atoms with Gasteiger partial charge in [-0.3, -0.25) is 15.0 Å². The van der Waals surface area contributed by atoms with E-state index in [0.29, 0.717) is 5.75 Å². The van der Waals surface area contributed by atoms with Crippen molar-refractivity contribution in [2.24, 2.45) is 0 Å². The molecule has 0 heterocycles. The standard InChI is InChI=1S/C20H24N2O6/c1-20(2,3)21(19(23)24)12-15-11-17(9-10-18(15)22(25)26)28-13-14-5-7-16(27-4)8-6-14/h5-11H,12-13H2,1-4H3,(H,23,24). The molecule has 0 saturated heterocycles. The molecule has 150 valence electrons. The summed E-state index contributed by atoms with van der Waals surface area (Å²) in [7, 11) is 1.59. The van der Waals surface area contributed by atoms with Crippen LogP contribution in [0, 0.1) is 10.1 Å². The maximum absolute atomic E-state index is 11.6. The van der Waals surface area contributed by atoms with E-state index in [1.54, 1.807) is 27.9 Å². The van der Waals surface area contributed by atoms with Gasteiger partial charge >= 0.3 is 6.09 Å². The van der Waals surface area contributed by atoms with Crippen molar-refractivity contribution in [3.05, 3.63) is 63.7 Å². The van der Waals surface area contributed by atoms with Crippen molar-refractivity contribution in [2.75, 3.05) is 7.11 Å². The van der Waals surface area contributed by atoms with E-state index in [4.69, 9.17) is 9.47 Å². The molecule has 0 radical (unpaired) electrons. The molecule has 2 aromatic carbocycles. The zero-order chi connectivity index (χ0) is 20.9. The minimum atomic E-state index is -1.15. The van der Waals surface area contributed by atoms with Gasteiger partial charge < -0.3 is 14.6 Å². The van der Waals surface area contributed by atoms with Gasteiger partial charge in [-0.2, -0.15) is 0 Å². The fourth-order valence-corrected chi connectivity index (χ4v) is 2.61. The zero-order valence-electron chi connectivity index (χ0n) is 16.3. The number of rotatable bonds is 7. The fraction of sp³-hybridized carbons (Fsp3) is 0.350. The Bertz CT molecular complexity index is 843.